The minimum Gasteiger partial charge on any atom is -0.310 e. The van der Waals surface area contributed by atoms with Crippen molar-refractivity contribution in [2.45, 2.75) is 26.4 Å². The third-order valence-corrected chi connectivity index (χ3v) is 2.74. The van der Waals surface area contributed by atoms with Crippen molar-refractivity contribution in [3.8, 4) is 11.3 Å². The summed E-state index contributed by atoms with van der Waals surface area (Å²) in [6.45, 7) is 4.79. The van der Waals surface area contributed by atoms with Gasteiger partial charge in [-0.05, 0) is 17.7 Å². The Bertz CT molecular complexity index is 534. The topological polar surface area (TPSA) is 42.7 Å². The molecule has 0 amide bonds. The van der Waals surface area contributed by atoms with Gasteiger partial charge in [0.25, 0.3) is 0 Å². The quantitative estimate of drug-likeness (QED) is 0.901. The third kappa shape index (κ3) is 2.73. The van der Waals surface area contributed by atoms with Crippen LogP contribution in [0.15, 0.2) is 24.4 Å². The van der Waals surface area contributed by atoms with Crippen LogP contribution >= 0.6 is 0 Å². The van der Waals surface area contributed by atoms with Gasteiger partial charge in [0, 0.05) is 25.2 Å². The molecular weight excluding hydrogens is 231 g/mol. The number of hydrogen-bond acceptors (Lipinski definition) is 3. The van der Waals surface area contributed by atoms with E-state index in [4.69, 9.17) is 0 Å². The van der Waals surface area contributed by atoms with Crippen LogP contribution in [-0.4, -0.2) is 21.0 Å². The summed E-state index contributed by atoms with van der Waals surface area (Å²) in [5.41, 5.74) is 2.13. The molecule has 1 N–H and O–H groups in total. The first-order chi connectivity index (χ1) is 8.58. The van der Waals surface area contributed by atoms with E-state index in [0.29, 0.717) is 23.8 Å². The Morgan fingerprint density at radius 1 is 1.39 bits per heavy atom. The molecule has 5 heteroatoms. The van der Waals surface area contributed by atoms with Crippen molar-refractivity contribution in [3.05, 3.63) is 35.8 Å². The maximum atomic E-state index is 14.0. The summed E-state index contributed by atoms with van der Waals surface area (Å²) < 4.78 is 15.6. The SMILES string of the molecule is CC(C)NCc1ccc(-c2cnnn2C)c(F)c1. The van der Waals surface area contributed by atoms with Crippen molar-refractivity contribution in [3.63, 3.8) is 0 Å². The maximum Gasteiger partial charge on any atom is 0.132 e. The van der Waals surface area contributed by atoms with Crippen molar-refractivity contribution in [1.82, 2.24) is 20.3 Å². The Morgan fingerprint density at radius 3 is 2.72 bits per heavy atom. The number of aromatic nitrogens is 3. The van der Waals surface area contributed by atoms with Gasteiger partial charge in [0.05, 0.1) is 11.9 Å². The summed E-state index contributed by atoms with van der Waals surface area (Å²) in [5.74, 6) is -0.247. The molecule has 0 aliphatic rings. The van der Waals surface area contributed by atoms with Crippen LogP contribution in [0, 0.1) is 5.82 Å². The van der Waals surface area contributed by atoms with Gasteiger partial charge >= 0.3 is 0 Å². The summed E-state index contributed by atoms with van der Waals surface area (Å²) in [5, 5.41) is 10.8. The van der Waals surface area contributed by atoms with Gasteiger partial charge in [-0.15, -0.1) is 5.10 Å². The number of rotatable bonds is 4. The monoisotopic (exact) mass is 248 g/mol. The minimum absolute atomic E-state index is 0.247. The lowest BCUT2D eigenvalue weighted by Gasteiger charge is -2.09. The second-order valence-electron chi connectivity index (χ2n) is 4.59. The molecule has 18 heavy (non-hydrogen) atoms. The molecule has 0 radical (unpaired) electrons. The van der Waals surface area contributed by atoms with E-state index in [-0.39, 0.29) is 5.82 Å². The maximum absolute atomic E-state index is 14.0. The van der Waals surface area contributed by atoms with Gasteiger partial charge in [0.1, 0.15) is 5.82 Å². The number of nitrogens with one attached hydrogen (secondary N) is 1. The fourth-order valence-electron chi connectivity index (χ4n) is 1.73. The lowest BCUT2D eigenvalue weighted by Crippen LogP contribution is -2.21. The van der Waals surface area contributed by atoms with Crippen molar-refractivity contribution in [2.24, 2.45) is 7.05 Å². The molecule has 1 heterocycles. The van der Waals surface area contributed by atoms with Gasteiger partial charge in [-0.2, -0.15) is 0 Å². The van der Waals surface area contributed by atoms with Gasteiger partial charge in [0.15, 0.2) is 0 Å². The van der Waals surface area contributed by atoms with Crippen LogP contribution in [0.5, 0.6) is 0 Å². The molecule has 2 rings (SSSR count). The summed E-state index contributed by atoms with van der Waals surface area (Å²) >= 11 is 0. The first-order valence-corrected chi connectivity index (χ1v) is 5.95. The Kier molecular flexibility index (Phi) is 3.72. The minimum atomic E-state index is -0.247. The summed E-state index contributed by atoms with van der Waals surface area (Å²) in [7, 11) is 1.75. The number of nitrogens with zero attached hydrogens (tertiary/aromatic N) is 3. The van der Waals surface area contributed by atoms with E-state index in [2.05, 4.69) is 29.5 Å². The van der Waals surface area contributed by atoms with E-state index in [0.717, 1.165) is 5.56 Å². The molecule has 0 atom stereocenters. The van der Waals surface area contributed by atoms with E-state index in [1.54, 1.807) is 30.1 Å². The largest absolute Gasteiger partial charge is 0.310 e. The molecule has 2 aromatic rings. The normalized spacial score (nSPS) is 11.2. The molecular formula is C13H17FN4. The molecule has 0 fully saturated rings. The van der Waals surface area contributed by atoms with Crippen molar-refractivity contribution in [2.75, 3.05) is 0 Å². The van der Waals surface area contributed by atoms with E-state index in [1.165, 1.54) is 0 Å². The Balaban J connectivity index is 2.23. The average molecular weight is 248 g/mol. The highest BCUT2D eigenvalue weighted by Gasteiger charge is 2.10. The van der Waals surface area contributed by atoms with Gasteiger partial charge in [-0.25, -0.2) is 9.07 Å². The molecule has 0 saturated heterocycles. The number of aryl methyl sites for hydroxylation is 1. The lowest BCUT2D eigenvalue weighted by atomic mass is 10.1. The smallest absolute Gasteiger partial charge is 0.132 e. The third-order valence-electron chi connectivity index (χ3n) is 2.74. The Labute approximate surface area is 106 Å². The fourth-order valence-corrected chi connectivity index (χ4v) is 1.73. The standard InChI is InChI=1S/C13H17FN4/c1-9(2)15-7-10-4-5-11(12(14)6-10)13-8-16-17-18(13)3/h4-6,8-9,15H,7H2,1-3H3. The molecule has 0 spiro atoms. The molecule has 0 aliphatic heterocycles. The van der Waals surface area contributed by atoms with Crippen molar-refractivity contribution >= 4 is 0 Å². The summed E-state index contributed by atoms with van der Waals surface area (Å²) in [6.07, 6.45) is 1.56. The van der Waals surface area contributed by atoms with Crippen LogP contribution in [0.3, 0.4) is 0 Å². The van der Waals surface area contributed by atoms with Crippen molar-refractivity contribution in [1.29, 1.82) is 0 Å². The molecule has 0 aliphatic carbocycles. The lowest BCUT2D eigenvalue weighted by molar-refractivity contribution is 0.581. The summed E-state index contributed by atoms with van der Waals surface area (Å²) in [6, 6.07) is 5.62. The number of benzene rings is 1. The van der Waals surface area contributed by atoms with Crippen LogP contribution in [-0.2, 0) is 13.6 Å². The predicted molar refractivity (Wildman–Crippen MR) is 68.4 cm³/mol. The highest BCUT2D eigenvalue weighted by Crippen LogP contribution is 2.22. The predicted octanol–water partition coefficient (Wildman–Crippen LogP) is 2.12. The van der Waals surface area contributed by atoms with E-state index >= 15 is 0 Å². The molecule has 0 bridgehead atoms. The Hall–Kier alpha value is -1.75. The zero-order valence-corrected chi connectivity index (χ0v) is 10.8. The first kappa shape index (κ1) is 12.7. The van der Waals surface area contributed by atoms with Gasteiger partial charge in [-0.1, -0.05) is 25.1 Å². The molecule has 0 saturated carbocycles. The van der Waals surface area contributed by atoms with E-state index in [9.17, 15) is 4.39 Å². The van der Waals surface area contributed by atoms with Gasteiger partial charge in [-0.3, -0.25) is 0 Å². The molecule has 96 valence electrons. The van der Waals surface area contributed by atoms with Crippen LogP contribution in [0.1, 0.15) is 19.4 Å². The highest BCUT2D eigenvalue weighted by atomic mass is 19.1. The van der Waals surface area contributed by atoms with Crippen LogP contribution < -0.4 is 5.32 Å². The Morgan fingerprint density at radius 2 is 2.17 bits per heavy atom. The number of hydrogen-bond donors (Lipinski definition) is 1. The summed E-state index contributed by atoms with van der Waals surface area (Å²) in [4.78, 5) is 0. The molecule has 0 unspecified atom stereocenters. The van der Waals surface area contributed by atoms with E-state index in [1.807, 2.05) is 6.07 Å². The van der Waals surface area contributed by atoms with Gasteiger partial charge < -0.3 is 5.32 Å². The second-order valence-corrected chi connectivity index (χ2v) is 4.59. The second kappa shape index (κ2) is 5.27. The average Bonchev–Trinajstić information content (AvgIpc) is 2.73. The highest BCUT2D eigenvalue weighted by molar-refractivity contribution is 5.59. The molecule has 1 aromatic carbocycles. The van der Waals surface area contributed by atoms with Gasteiger partial charge in [0.2, 0.25) is 0 Å². The molecule has 1 aromatic heterocycles. The molecule has 4 nitrogen and oxygen atoms in total. The number of halogens is 1. The van der Waals surface area contributed by atoms with E-state index < -0.39 is 0 Å². The van der Waals surface area contributed by atoms with Crippen molar-refractivity contribution < 1.29 is 4.39 Å². The van der Waals surface area contributed by atoms with Crippen LogP contribution in [0.4, 0.5) is 4.39 Å². The van der Waals surface area contributed by atoms with Crippen LogP contribution in [0.25, 0.3) is 11.3 Å². The van der Waals surface area contributed by atoms with Crippen LogP contribution in [0.2, 0.25) is 0 Å². The first-order valence-electron chi connectivity index (χ1n) is 5.95. The fraction of sp³-hybridized carbons (Fsp3) is 0.385. The zero-order chi connectivity index (χ0) is 13.1. The zero-order valence-electron chi connectivity index (χ0n) is 10.8.